The largest absolute Gasteiger partial charge is 0.474 e. The normalized spacial score (nSPS) is 25.0. The smallest absolute Gasteiger partial charge is 0.227 e. The number of nitrogens with zero attached hydrogens (tertiary/aromatic N) is 2. The second-order valence-corrected chi connectivity index (χ2v) is 7.78. The maximum absolute atomic E-state index is 12.8. The molecule has 1 amide bonds. The van der Waals surface area contributed by atoms with E-state index in [4.69, 9.17) is 4.74 Å². The van der Waals surface area contributed by atoms with Crippen LogP contribution in [0.3, 0.4) is 0 Å². The lowest BCUT2D eigenvalue weighted by atomic mass is 9.98. The van der Waals surface area contributed by atoms with Gasteiger partial charge in [0, 0.05) is 41.7 Å². The monoisotopic (exact) mass is 400 g/mol. The summed E-state index contributed by atoms with van der Waals surface area (Å²) in [6, 6.07) is 14.3. The Morgan fingerprint density at radius 3 is 2.48 bits per heavy atom. The van der Waals surface area contributed by atoms with E-state index in [0.717, 1.165) is 35.7 Å². The van der Waals surface area contributed by atoms with Gasteiger partial charge in [-0.25, -0.2) is 4.98 Å². The number of carbonyl (C=O) groups excluding carboxylic acids is 1. The van der Waals surface area contributed by atoms with Crippen molar-refractivity contribution in [3.63, 3.8) is 0 Å². The van der Waals surface area contributed by atoms with Gasteiger partial charge in [-0.3, -0.25) is 4.79 Å². The average Bonchev–Trinajstić information content (AvgIpc) is 2.89. The quantitative estimate of drug-likeness (QED) is 0.778. The molecule has 25 heavy (non-hydrogen) atoms. The lowest BCUT2D eigenvalue weighted by Crippen LogP contribution is -2.49. The molecule has 5 heteroatoms. The molecule has 1 aromatic carbocycles. The molecule has 4 rings (SSSR count). The van der Waals surface area contributed by atoms with E-state index in [1.54, 1.807) is 6.20 Å². The first kappa shape index (κ1) is 16.6. The molecule has 2 unspecified atom stereocenters. The summed E-state index contributed by atoms with van der Waals surface area (Å²) in [6.45, 7) is 0. The molecule has 1 aromatic heterocycles. The second kappa shape index (κ2) is 7.16. The first-order chi connectivity index (χ1) is 12.2. The predicted molar refractivity (Wildman–Crippen MR) is 99.4 cm³/mol. The fourth-order valence-corrected chi connectivity index (χ4v) is 4.35. The van der Waals surface area contributed by atoms with Gasteiger partial charge < -0.3 is 9.64 Å². The Morgan fingerprint density at radius 2 is 1.84 bits per heavy atom. The van der Waals surface area contributed by atoms with E-state index in [1.165, 1.54) is 0 Å². The molecule has 0 aliphatic carbocycles. The van der Waals surface area contributed by atoms with Gasteiger partial charge in [0.05, 0.1) is 6.42 Å². The number of piperidine rings is 1. The number of hydrogen-bond acceptors (Lipinski definition) is 3. The Labute approximate surface area is 156 Å². The van der Waals surface area contributed by atoms with Crippen LogP contribution in [0.1, 0.15) is 31.2 Å². The highest BCUT2D eigenvalue weighted by atomic mass is 79.9. The van der Waals surface area contributed by atoms with Crippen molar-refractivity contribution in [1.82, 2.24) is 9.88 Å². The zero-order chi connectivity index (χ0) is 17.2. The van der Waals surface area contributed by atoms with Gasteiger partial charge in [0.2, 0.25) is 11.8 Å². The fourth-order valence-electron chi connectivity index (χ4n) is 4.09. The van der Waals surface area contributed by atoms with Crippen molar-refractivity contribution in [2.24, 2.45) is 0 Å². The highest BCUT2D eigenvalue weighted by Crippen LogP contribution is 2.37. The Bertz CT molecular complexity index is 721. The minimum Gasteiger partial charge on any atom is -0.474 e. The van der Waals surface area contributed by atoms with E-state index in [9.17, 15) is 4.79 Å². The molecule has 0 spiro atoms. The molecule has 2 atom stereocenters. The number of rotatable bonds is 4. The summed E-state index contributed by atoms with van der Waals surface area (Å²) in [5, 5.41) is 0. The van der Waals surface area contributed by atoms with Crippen LogP contribution < -0.4 is 4.74 Å². The molecule has 2 saturated heterocycles. The number of amides is 1. The molecule has 2 aliphatic heterocycles. The van der Waals surface area contributed by atoms with Gasteiger partial charge in [0.25, 0.3) is 0 Å². The van der Waals surface area contributed by atoms with Crippen LogP contribution in [-0.2, 0) is 11.2 Å². The minimum atomic E-state index is 0.157. The van der Waals surface area contributed by atoms with Crippen molar-refractivity contribution in [3.8, 4) is 5.88 Å². The predicted octanol–water partition coefficient (Wildman–Crippen LogP) is 3.99. The number of aromatic nitrogens is 1. The first-order valence-electron chi connectivity index (χ1n) is 8.82. The van der Waals surface area contributed by atoms with Gasteiger partial charge in [-0.1, -0.05) is 34.1 Å². The zero-order valence-electron chi connectivity index (χ0n) is 14.0. The molecule has 2 aromatic rings. The lowest BCUT2D eigenvalue weighted by molar-refractivity contribution is -0.136. The maximum Gasteiger partial charge on any atom is 0.227 e. The molecular formula is C20H21BrN2O2. The summed E-state index contributed by atoms with van der Waals surface area (Å²) >= 11 is 3.44. The van der Waals surface area contributed by atoms with Crippen LogP contribution in [0, 0.1) is 0 Å². The minimum absolute atomic E-state index is 0.157. The van der Waals surface area contributed by atoms with Gasteiger partial charge in [-0.05, 0) is 36.6 Å². The van der Waals surface area contributed by atoms with Crippen molar-refractivity contribution in [3.05, 3.63) is 58.7 Å². The molecule has 2 bridgehead atoms. The van der Waals surface area contributed by atoms with Gasteiger partial charge in [0.1, 0.15) is 6.10 Å². The van der Waals surface area contributed by atoms with Crippen molar-refractivity contribution in [1.29, 1.82) is 0 Å². The molecule has 0 N–H and O–H groups in total. The Morgan fingerprint density at radius 1 is 1.12 bits per heavy atom. The number of halogens is 1. The van der Waals surface area contributed by atoms with Gasteiger partial charge in [-0.2, -0.15) is 0 Å². The Kier molecular flexibility index (Phi) is 4.75. The molecule has 2 aliphatic rings. The van der Waals surface area contributed by atoms with E-state index in [1.807, 2.05) is 42.5 Å². The molecular weight excluding hydrogens is 380 g/mol. The number of ether oxygens (including phenoxy) is 1. The molecule has 0 radical (unpaired) electrons. The van der Waals surface area contributed by atoms with E-state index in [2.05, 4.69) is 25.8 Å². The van der Waals surface area contributed by atoms with Gasteiger partial charge >= 0.3 is 0 Å². The second-order valence-electron chi connectivity index (χ2n) is 6.87. The molecule has 4 nitrogen and oxygen atoms in total. The van der Waals surface area contributed by atoms with Crippen LogP contribution in [0.4, 0.5) is 0 Å². The van der Waals surface area contributed by atoms with E-state index < -0.39 is 0 Å². The summed E-state index contributed by atoms with van der Waals surface area (Å²) < 4.78 is 7.08. The third kappa shape index (κ3) is 3.71. The summed E-state index contributed by atoms with van der Waals surface area (Å²) in [5.41, 5.74) is 1.07. The zero-order valence-corrected chi connectivity index (χ0v) is 15.6. The van der Waals surface area contributed by atoms with Crippen LogP contribution >= 0.6 is 15.9 Å². The van der Waals surface area contributed by atoms with Crippen molar-refractivity contribution in [2.75, 3.05) is 0 Å². The molecule has 130 valence electrons. The SMILES string of the molecule is O=C(Cc1ccc(Br)cc1)N1C2CCC1CC(Oc1ccccn1)C2. The van der Waals surface area contributed by atoms with Crippen LogP contribution in [0.15, 0.2) is 53.1 Å². The third-order valence-corrected chi connectivity index (χ3v) is 5.70. The highest BCUT2D eigenvalue weighted by molar-refractivity contribution is 9.10. The van der Waals surface area contributed by atoms with Gasteiger partial charge in [-0.15, -0.1) is 0 Å². The lowest BCUT2D eigenvalue weighted by Gasteiger charge is -2.38. The highest BCUT2D eigenvalue weighted by Gasteiger charge is 2.43. The summed E-state index contributed by atoms with van der Waals surface area (Å²) in [5.74, 6) is 0.924. The van der Waals surface area contributed by atoms with Crippen molar-refractivity contribution >= 4 is 21.8 Å². The van der Waals surface area contributed by atoms with Crippen molar-refractivity contribution in [2.45, 2.75) is 50.3 Å². The number of benzene rings is 1. The third-order valence-electron chi connectivity index (χ3n) is 5.17. The van der Waals surface area contributed by atoms with E-state index in [-0.39, 0.29) is 12.0 Å². The van der Waals surface area contributed by atoms with Gasteiger partial charge in [0.15, 0.2) is 0 Å². The first-order valence-corrected chi connectivity index (χ1v) is 9.61. The summed E-state index contributed by atoms with van der Waals surface area (Å²) in [6.07, 6.45) is 6.35. The fraction of sp³-hybridized carbons (Fsp3) is 0.400. The summed E-state index contributed by atoms with van der Waals surface area (Å²) in [7, 11) is 0. The summed E-state index contributed by atoms with van der Waals surface area (Å²) in [4.78, 5) is 19.2. The van der Waals surface area contributed by atoms with E-state index >= 15 is 0 Å². The topological polar surface area (TPSA) is 42.4 Å². The van der Waals surface area contributed by atoms with Crippen LogP contribution in [0.2, 0.25) is 0 Å². The number of carbonyl (C=O) groups is 1. The molecule has 2 fully saturated rings. The van der Waals surface area contributed by atoms with Crippen LogP contribution in [-0.4, -0.2) is 34.0 Å². The van der Waals surface area contributed by atoms with E-state index in [0.29, 0.717) is 24.4 Å². The average molecular weight is 401 g/mol. The Hall–Kier alpha value is -1.88. The molecule has 3 heterocycles. The van der Waals surface area contributed by atoms with Crippen LogP contribution in [0.5, 0.6) is 5.88 Å². The number of fused-ring (bicyclic) bond motifs is 2. The number of pyridine rings is 1. The molecule has 0 saturated carbocycles. The standard InChI is InChI=1S/C20H21BrN2O2/c21-15-6-4-14(5-7-15)11-20(24)23-16-8-9-17(23)13-18(12-16)25-19-3-1-2-10-22-19/h1-7,10,16-18H,8-9,11-13H2. The van der Waals surface area contributed by atoms with Crippen LogP contribution in [0.25, 0.3) is 0 Å². The maximum atomic E-state index is 12.8. The number of hydrogen-bond donors (Lipinski definition) is 0. The van der Waals surface area contributed by atoms with Crippen molar-refractivity contribution < 1.29 is 9.53 Å². The Balaban J connectivity index is 1.40.